The van der Waals surface area contributed by atoms with E-state index in [2.05, 4.69) is 4.90 Å². The molecule has 1 aliphatic rings. The molecule has 2 heterocycles. The fourth-order valence-electron chi connectivity index (χ4n) is 3.54. The maximum Gasteiger partial charge on any atom is 0.289 e. The highest BCUT2D eigenvalue weighted by atomic mass is 19.1. The molecule has 0 spiro atoms. The molecule has 134 valence electrons. The normalized spacial score (nSPS) is 18.3. The van der Waals surface area contributed by atoms with Crippen molar-refractivity contribution in [3.8, 4) is 0 Å². The van der Waals surface area contributed by atoms with Crippen LogP contribution in [0.5, 0.6) is 0 Å². The minimum absolute atomic E-state index is 0.0802. The third-order valence-corrected chi connectivity index (χ3v) is 4.94. The number of likely N-dealkylation sites (N-methyl/N-ethyl adjacent to an activating group) is 1. The number of carbonyl (C=O) groups excluding carboxylic acids is 1. The molecule has 0 bridgehead atoms. The van der Waals surface area contributed by atoms with Crippen LogP contribution in [-0.2, 0) is 6.54 Å². The van der Waals surface area contributed by atoms with E-state index >= 15 is 0 Å². The molecule has 25 heavy (non-hydrogen) atoms. The van der Waals surface area contributed by atoms with Crippen LogP contribution in [-0.4, -0.2) is 41.9 Å². The number of benzene rings is 1. The van der Waals surface area contributed by atoms with Crippen molar-refractivity contribution in [2.45, 2.75) is 39.3 Å². The number of rotatable bonds is 4. The first-order chi connectivity index (χ1) is 12.0. The Balaban J connectivity index is 1.67. The molecule has 5 heteroatoms. The molecule has 4 nitrogen and oxygen atoms in total. The van der Waals surface area contributed by atoms with Crippen molar-refractivity contribution in [3.05, 3.63) is 58.8 Å². The molecule has 1 amide bonds. The summed E-state index contributed by atoms with van der Waals surface area (Å²) in [6.45, 7) is 5.98. The van der Waals surface area contributed by atoms with Crippen LogP contribution in [0.3, 0.4) is 0 Å². The first-order valence-corrected chi connectivity index (χ1v) is 8.75. The third kappa shape index (κ3) is 3.93. The minimum atomic E-state index is -0.171. The van der Waals surface area contributed by atoms with Gasteiger partial charge >= 0.3 is 0 Å². The van der Waals surface area contributed by atoms with Crippen molar-refractivity contribution < 1.29 is 13.6 Å². The molecule has 0 aliphatic carbocycles. The lowest BCUT2D eigenvalue weighted by molar-refractivity contribution is 0.0576. The molecule has 1 fully saturated rings. The predicted molar refractivity (Wildman–Crippen MR) is 95.0 cm³/mol. The Labute approximate surface area is 148 Å². The molecular weight excluding hydrogens is 319 g/mol. The zero-order valence-electron chi connectivity index (χ0n) is 15.1. The highest BCUT2D eigenvalue weighted by Gasteiger charge is 2.29. The van der Waals surface area contributed by atoms with E-state index < -0.39 is 0 Å². The second-order valence-corrected chi connectivity index (χ2v) is 6.91. The maximum absolute atomic E-state index is 13.9. The summed E-state index contributed by atoms with van der Waals surface area (Å²) in [5.41, 5.74) is 1.57. The summed E-state index contributed by atoms with van der Waals surface area (Å²) >= 11 is 0. The highest BCUT2D eigenvalue weighted by Crippen LogP contribution is 2.22. The van der Waals surface area contributed by atoms with Crippen LogP contribution in [0.2, 0.25) is 0 Å². The number of amides is 1. The predicted octanol–water partition coefficient (Wildman–Crippen LogP) is 3.77. The van der Waals surface area contributed by atoms with Crippen LogP contribution in [0.15, 0.2) is 34.7 Å². The number of nitrogens with zero attached hydrogens (tertiary/aromatic N) is 2. The molecule has 1 aromatic carbocycles. The Morgan fingerprint density at radius 3 is 2.80 bits per heavy atom. The van der Waals surface area contributed by atoms with Crippen molar-refractivity contribution in [2.75, 3.05) is 20.1 Å². The zero-order valence-corrected chi connectivity index (χ0v) is 15.1. The van der Waals surface area contributed by atoms with E-state index in [-0.39, 0.29) is 17.8 Å². The Kier molecular flexibility index (Phi) is 5.23. The summed E-state index contributed by atoms with van der Waals surface area (Å²) in [5, 5.41) is 0. The Bertz CT molecular complexity index is 756. The summed E-state index contributed by atoms with van der Waals surface area (Å²) in [7, 11) is 1.83. The van der Waals surface area contributed by atoms with E-state index in [1.807, 2.05) is 39.1 Å². The molecule has 0 N–H and O–H groups in total. The van der Waals surface area contributed by atoms with Crippen LogP contribution < -0.4 is 0 Å². The van der Waals surface area contributed by atoms with Gasteiger partial charge in [-0.15, -0.1) is 0 Å². The van der Waals surface area contributed by atoms with E-state index in [4.69, 9.17) is 4.42 Å². The fourth-order valence-corrected chi connectivity index (χ4v) is 3.54. The van der Waals surface area contributed by atoms with Gasteiger partial charge in [0, 0.05) is 37.3 Å². The second-order valence-electron chi connectivity index (χ2n) is 6.91. The van der Waals surface area contributed by atoms with E-state index in [9.17, 15) is 9.18 Å². The van der Waals surface area contributed by atoms with Gasteiger partial charge in [-0.1, -0.05) is 18.2 Å². The fraction of sp³-hybridized carbons (Fsp3) is 0.450. The van der Waals surface area contributed by atoms with Gasteiger partial charge in [0.05, 0.1) is 0 Å². The Hall–Kier alpha value is -2.14. The van der Waals surface area contributed by atoms with Gasteiger partial charge in [-0.25, -0.2) is 4.39 Å². The molecular formula is C20H25FN2O2. The average Bonchev–Trinajstić information content (AvgIpc) is 2.94. The number of hydrogen-bond donors (Lipinski definition) is 0. The van der Waals surface area contributed by atoms with Gasteiger partial charge in [-0.2, -0.15) is 0 Å². The third-order valence-electron chi connectivity index (χ3n) is 4.94. The van der Waals surface area contributed by atoms with E-state index in [1.54, 1.807) is 11.0 Å². The van der Waals surface area contributed by atoms with Crippen LogP contribution in [0, 0.1) is 19.7 Å². The van der Waals surface area contributed by atoms with Gasteiger partial charge in [0.25, 0.3) is 5.91 Å². The number of hydrogen-bond acceptors (Lipinski definition) is 3. The number of piperidine rings is 1. The van der Waals surface area contributed by atoms with Gasteiger partial charge in [-0.3, -0.25) is 9.69 Å². The van der Waals surface area contributed by atoms with Crippen LogP contribution in [0.25, 0.3) is 0 Å². The standard InChI is InChI=1S/C20H25FN2O2/c1-14-11-15(2)25-19(14)20(24)22(3)17-8-6-10-23(13-17)12-16-7-4-5-9-18(16)21/h4-5,7,9,11,17H,6,8,10,12-13H2,1-3H3/t17-/m1/s1. The van der Waals surface area contributed by atoms with Crippen molar-refractivity contribution in [2.24, 2.45) is 0 Å². The average molecular weight is 344 g/mol. The summed E-state index contributed by atoms with van der Waals surface area (Å²) in [5.74, 6) is 0.921. The second kappa shape index (κ2) is 7.40. The van der Waals surface area contributed by atoms with E-state index in [0.717, 1.165) is 37.3 Å². The molecule has 1 aliphatic heterocycles. The van der Waals surface area contributed by atoms with Crippen LogP contribution >= 0.6 is 0 Å². The quantitative estimate of drug-likeness (QED) is 0.847. The van der Waals surface area contributed by atoms with Crippen LogP contribution in [0.4, 0.5) is 4.39 Å². The molecule has 0 saturated carbocycles. The highest BCUT2D eigenvalue weighted by molar-refractivity contribution is 5.93. The number of carbonyl (C=O) groups is 1. The molecule has 1 saturated heterocycles. The topological polar surface area (TPSA) is 36.7 Å². The van der Waals surface area contributed by atoms with Gasteiger partial charge in [0.1, 0.15) is 11.6 Å². The smallest absolute Gasteiger partial charge is 0.289 e. The van der Waals surface area contributed by atoms with Crippen molar-refractivity contribution >= 4 is 5.91 Å². The summed E-state index contributed by atoms with van der Waals surface area (Å²) in [6.07, 6.45) is 1.95. The Morgan fingerprint density at radius 2 is 2.12 bits per heavy atom. The monoisotopic (exact) mass is 344 g/mol. The number of halogens is 1. The van der Waals surface area contributed by atoms with Gasteiger partial charge < -0.3 is 9.32 Å². The molecule has 1 atom stereocenters. The summed E-state index contributed by atoms with van der Waals surface area (Å²) in [6, 6.07) is 8.87. The summed E-state index contributed by atoms with van der Waals surface area (Å²) in [4.78, 5) is 16.7. The first-order valence-electron chi connectivity index (χ1n) is 8.75. The number of likely N-dealkylation sites (tertiary alicyclic amines) is 1. The molecule has 0 radical (unpaired) electrons. The molecule has 2 aromatic rings. The maximum atomic E-state index is 13.9. The lowest BCUT2D eigenvalue weighted by atomic mass is 10.0. The summed E-state index contributed by atoms with van der Waals surface area (Å²) < 4.78 is 19.5. The van der Waals surface area contributed by atoms with Gasteiger partial charge in [-0.05, 0) is 45.4 Å². The molecule has 3 rings (SSSR count). The SMILES string of the molecule is Cc1cc(C)c(C(=O)N(C)[C@@H]2CCCN(Cc3ccccc3F)C2)o1. The molecule has 0 unspecified atom stereocenters. The van der Waals surface area contributed by atoms with E-state index in [0.29, 0.717) is 17.9 Å². The minimum Gasteiger partial charge on any atom is -0.456 e. The van der Waals surface area contributed by atoms with Crippen molar-refractivity contribution in [1.82, 2.24) is 9.80 Å². The lowest BCUT2D eigenvalue weighted by Gasteiger charge is -2.37. The van der Waals surface area contributed by atoms with E-state index in [1.165, 1.54) is 6.07 Å². The first kappa shape index (κ1) is 17.7. The lowest BCUT2D eigenvalue weighted by Crippen LogP contribution is -2.48. The van der Waals surface area contributed by atoms with Crippen molar-refractivity contribution in [3.63, 3.8) is 0 Å². The Morgan fingerprint density at radius 1 is 1.36 bits per heavy atom. The zero-order chi connectivity index (χ0) is 18.0. The number of aryl methyl sites for hydroxylation is 2. The van der Waals surface area contributed by atoms with Gasteiger partial charge in [0.15, 0.2) is 5.76 Å². The van der Waals surface area contributed by atoms with Crippen LogP contribution in [0.1, 0.15) is 40.3 Å². The van der Waals surface area contributed by atoms with Gasteiger partial charge in [0.2, 0.25) is 0 Å². The molecule has 1 aromatic heterocycles. The number of furan rings is 1. The van der Waals surface area contributed by atoms with Crippen molar-refractivity contribution in [1.29, 1.82) is 0 Å². The largest absolute Gasteiger partial charge is 0.456 e.